The van der Waals surface area contributed by atoms with E-state index in [1.807, 2.05) is 37.4 Å². The highest BCUT2D eigenvalue weighted by Crippen LogP contribution is 2.24. The third kappa shape index (κ3) is 2.08. The van der Waals surface area contributed by atoms with Gasteiger partial charge in [0.15, 0.2) is 5.65 Å². The lowest BCUT2D eigenvalue weighted by Crippen LogP contribution is -2.03. The maximum Gasteiger partial charge on any atom is 0.226 e. The van der Waals surface area contributed by atoms with Crippen LogP contribution in [0, 0.1) is 0 Å². The number of rotatable bonds is 3. The first-order chi connectivity index (χ1) is 9.28. The first-order valence-corrected chi connectivity index (χ1v) is 5.97. The van der Waals surface area contributed by atoms with Crippen molar-refractivity contribution in [1.82, 2.24) is 19.7 Å². The van der Waals surface area contributed by atoms with E-state index < -0.39 is 0 Å². The Morgan fingerprint density at radius 2 is 1.89 bits per heavy atom. The van der Waals surface area contributed by atoms with E-state index >= 15 is 0 Å². The number of hydrogen-bond acceptors (Lipinski definition) is 5. The van der Waals surface area contributed by atoms with Crippen LogP contribution in [-0.4, -0.2) is 26.8 Å². The Bertz CT molecular complexity index is 704. The number of fused-ring (bicyclic) bond motifs is 1. The second kappa shape index (κ2) is 4.56. The summed E-state index contributed by atoms with van der Waals surface area (Å²) in [4.78, 5) is 8.84. The Hall–Kier alpha value is -2.63. The van der Waals surface area contributed by atoms with Gasteiger partial charge in [0.2, 0.25) is 5.95 Å². The summed E-state index contributed by atoms with van der Waals surface area (Å²) < 4.78 is 1.73. The van der Waals surface area contributed by atoms with Crippen LogP contribution in [0.5, 0.6) is 0 Å². The highest BCUT2D eigenvalue weighted by molar-refractivity contribution is 5.89. The summed E-state index contributed by atoms with van der Waals surface area (Å²) in [6.45, 7) is 0. The van der Waals surface area contributed by atoms with Crippen LogP contribution in [0.4, 0.5) is 17.5 Å². The van der Waals surface area contributed by atoms with Gasteiger partial charge in [-0.2, -0.15) is 15.1 Å². The highest BCUT2D eigenvalue weighted by Gasteiger charge is 2.10. The number of aryl methyl sites for hydroxylation is 1. The van der Waals surface area contributed by atoms with Crippen LogP contribution in [0.3, 0.4) is 0 Å². The lowest BCUT2D eigenvalue weighted by Gasteiger charge is -2.08. The lowest BCUT2D eigenvalue weighted by atomic mass is 10.3. The van der Waals surface area contributed by atoms with Crippen molar-refractivity contribution in [1.29, 1.82) is 0 Å². The summed E-state index contributed by atoms with van der Waals surface area (Å²) in [7, 11) is 3.66. The molecule has 0 fully saturated rings. The molecular weight excluding hydrogens is 240 g/mol. The van der Waals surface area contributed by atoms with Crippen LogP contribution in [-0.2, 0) is 7.05 Å². The molecule has 3 rings (SSSR count). The molecule has 2 heterocycles. The summed E-state index contributed by atoms with van der Waals surface area (Å²) in [5, 5.41) is 11.4. The summed E-state index contributed by atoms with van der Waals surface area (Å²) >= 11 is 0. The number of hydrogen-bond donors (Lipinski definition) is 2. The molecule has 0 radical (unpaired) electrons. The van der Waals surface area contributed by atoms with Crippen LogP contribution in [0.1, 0.15) is 0 Å². The largest absolute Gasteiger partial charge is 0.357 e. The van der Waals surface area contributed by atoms with E-state index in [0.717, 1.165) is 22.5 Å². The first-order valence-electron chi connectivity index (χ1n) is 5.97. The Kier molecular flexibility index (Phi) is 2.75. The normalized spacial score (nSPS) is 10.6. The molecule has 0 saturated heterocycles. The molecule has 0 spiro atoms. The molecule has 0 saturated carbocycles. The SMILES string of the molecule is CNc1nc(Nc2ccccc2)c2cnn(C)c2n1. The van der Waals surface area contributed by atoms with Crippen molar-refractivity contribution in [2.45, 2.75) is 0 Å². The minimum Gasteiger partial charge on any atom is -0.357 e. The molecular formula is C13H14N6. The molecule has 1 aromatic carbocycles. The third-order valence-corrected chi connectivity index (χ3v) is 2.85. The van der Waals surface area contributed by atoms with Crippen LogP contribution in [0.25, 0.3) is 11.0 Å². The number of aromatic nitrogens is 4. The van der Waals surface area contributed by atoms with Gasteiger partial charge in [0.1, 0.15) is 5.82 Å². The summed E-state index contributed by atoms with van der Waals surface area (Å²) in [6, 6.07) is 9.91. The van der Waals surface area contributed by atoms with Gasteiger partial charge in [0.05, 0.1) is 11.6 Å². The van der Waals surface area contributed by atoms with Crippen molar-refractivity contribution in [3.63, 3.8) is 0 Å². The molecule has 0 aliphatic carbocycles. The third-order valence-electron chi connectivity index (χ3n) is 2.85. The van der Waals surface area contributed by atoms with Gasteiger partial charge < -0.3 is 10.6 Å². The molecule has 0 aliphatic rings. The molecule has 0 bridgehead atoms. The Labute approximate surface area is 110 Å². The van der Waals surface area contributed by atoms with Gasteiger partial charge in [-0.05, 0) is 12.1 Å². The highest BCUT2D eigenvalue weighted by atomic mass is 15.3. The molecule has 2 N–H and O–H groups in total. The predicted molar refractivity (Wildman–Crippen MR) is 75.6 cm³/mol. The Balaban J connectivity index is 2.11. The van der Waals surface area contributed by atoms with Crippen molar-refractivity contribution >= 4 is 28.5 Å². The standard InChI is InChI=1S/C13H14N6/c1-14-13-17-11(16-9-6-4-3-5-7-9)10-8-15-19(2)12(10)18-13/h3-8H,1-2H3,(H2,14,16,17,18). The minimum atomic E-state index is 0.564. The van der Waals surface area contributed by atoms with E-state index in [-0.39, 0.29) is 0 Å². The van der Waals surface area contributed by atoms with Gasteiger partial charge in [-0.3, -0.25) is 4.68 Å². The zero-order valence-electron chi connectivity index (χ0n) is 10.8. The second-order valence-corrected chi connectivity index (χ2v) is 4.14. The number of anilines is 3. The first kappa shape index (κ1) is 11.5. The molecule has 19 heavy (non-hydrogen) atoms. The fraction of sp³-hybridized carbons (Fsp3) is 0.154. The number of para-hydroxylation sites is 1. The lowest BCUT2D eigenvalue weighted by molar-refractivity contribution is 0.786. The van der Waals surface area contributed by atoms with E-state index in [1.54, 1.807) is 17.9 Å². The number of nitrogens with zero attached hydrogens (tertiary/aromatic N) is 4. The van der Waals surface area contributed by atoms with Gasteiger partial charge in [0.25, 0.3) is 0 Å². The minimum absolute atomic E-state index is 0.564. The van der Waals surface area contributed by atoms with Gasteiger partial charge in [-0.1, -0.05) is 18.2 Å². The number of nitrogens with one attached hydrogen (secondary N) is 2. The van der Waals surface area contributed by atoms with Crippen LogP contribution in [0.2, 0.25) is 0 Å². The van der Waals surface area contributed by atoms with E-state index in [1.165, 1.54) is 0 Å². The average Bonchev–Trinajstić information content (AvgIpc) is 2.82. The van der Waals surface area contributed by atoms with Crippen molar-refractivity contribution in [3.8, 4) is 0 Å². The average molecular weight is 254 g/mol. The quantitative estimate of drug-likeness (QED) is 0.749. The fourth-order valence-electron chi connectivity index (χ4n) is 1.89. The number of benzene rings is 1. The van der Waals surface area contributed by atoms with Crippen LogP contribution in [0.15, 0.2) is 36.5 Å². The summed E-state index contributed by atoms with van der Waals surface area (Å²) in [5.41, 5.74) is 1.77. The van der Waals surface area contributed by atoms with Crippen molar-refractivity contribution in [2.75, 3.05) is 17.7 Å². The second-order valence-electron chi connectivity index (χ2n) is 4.14. The van der Waals surface area contributed by atoms with E-state index in [4.69, 9.17) is 0 Å². The molecule has 6 heteroatoms. The molecule has 0 aliphatic heterocycles. The van der Waals surface area contributed by atoms with Crippen molar-refractivity contribution in [2.24, 2.45) is 7.05 Å². The smallest absolute Gasteiger partial charge is 0.226 e. The zero-order chi connectivity index (χ0) is 13.2. The summed E-state index contributed by atoms with van der Waals surface area (Å²) in [6.07, 6.45) is 1.76. The van der Waals surface area contributed by atoms with Crippen LogP contribution >= 0.6 is 0 Å². The van der Waals surface area contributed by atoms with Crippen molar-refractivity contribution < 1.29 is 0 Å². The van der Waals surface area contributed by atoms with E-state index in [9.17, 15) is 0 Å². The Morgan fingerprint density at radius 3 is 2.63 bits per heavy atom. The molecule has 3 aromatic rings. The molecule has 6 nitrogen and oxygen atoms in total. The molecule has 0 unspecified atom stereocenters. The molecule has 2 aromatic heterocycles. The maximum atomic E-state index is 4.44. The molecule has 0 atom stereocenters. The maximum absolute atomic E-state index is 4.44. The van der Waals surface area contributed by atoms with E-state index in [0.29, 0.717) is 5.95 Å². The zero-order valence-corrected chi connectivity index (χ0v) is 10.8. The predicted octanol–water partition coefficient (Wildman–Crippen LogP) is 2.15. The molecule has 96 valence electrons. The Morgan fingerprint density at radius 1 is 1.11 bits per heavy atom. The van der Waals surface area contributed by atoms with Gasteiger partial charge >= 0.3 is 0 Å². The van der Waals surface area contributed by atoms with E-state index in [2.05, 4.69) is 25.7 Å². The van der Waals surface area contributed by atoms with Gasteiger partial charge in [-0.15, -0.1) is 0 Å². The van der Waals surface area contributed by atoms with Gasteiger partial charge in [0, 0.05) is 19.8 Å². The topological polar surface area (TPSA) is 67.7 Å². The van der Waals surface area contributed by atoms with Crippen LogP contribution < -0.4 is 10.6 Å². The fourth-order valence-corrected chi connectivity index (χ4v) is 1.89. The van der Waals surface area contributed by atoms with Gasteiger partial charge in [-0.25, -0.2) is 0 Å². The summed E-state index contributed by atoms with van der Waals surface area (Å²) in [5.74, 6) is 1.31. The molecule has 0 amide bonds. The monoisotopic (exact) mass is 254 g/mol. The van der Waals surface area contributed by atoms with Crippen molar-refractivity contribution in [3.05, 3.63) is 36.5 Å².